The molecule has 2 aromatic heterocycles. The summed E-state index contributed by atoms with van der Waals surface area (Å²) in [5, 5.41) is 2.88. The summed E-state index contributed by atoms with van der Waals surface area (Å²) < 4.78 is 10.6. The minimum Gasteiger partial charge on any atom is -0.469 e. The number of furan rings is 2. The second-order valence-electron chi connectivity index (χ2n) is 4.28. The highest BCUT2D eigenvalue weighted by atomic mass is 16.4. The monoisotopic (exact) mass is 247 g/mol. The van der Waals surface area contributed by atoms with E-state index in [9.17, 15) is 4.79 Å². The van der Waals surface area contributed by atoms with Gasteiger partial charge in [-0.25, -0.2) is 0 Å². The average Bonchev–Trinajstić information content (AvgIpc) is 2.98. The van der Waals surface area contributed by atoms with Crippen LogP contribution in [-0.2, 0) is 12.8 Å². The lowest BCUT2D eigenvalue weighted by Crippen LogP contribution is -2.33. The van der Waals surface area contributed by atoms with Crippen LogP contribution >= 0.6 is 0 Å². The van der Waals surface area contributed by atoms with Crippen molar-refractivity contribution in [3.63, 3.8) is 0 Å². The SMILES string of the molecule is CCc1ccc(C(=O)N[C@@H](C)Cc2ccco2)o1. The highest BCUT2D eigenvalue weighted by molar-refractivity contribution is 5.91. The van der Waals surface area contributed by atoms with Gasteiger partial charge in [0, 0.05) is 18.9 Å². The molecule has 2 heterocycles. The molecule has 2 rings (SSSR count). The van der Waals surface area contributed by atoms with E-state index in [-0.39, 0.29) is 11.9 Å². The highest BCUT2D eigenvalue weighted by Crippen LogP contribution is 2.09. The number of carbonyl (C=O) groups excluding carboxylic acids is 1. The van der Waals surface area contributed by atoms with Crippen LogP contribution in [0.2, 0.25) is 0 Å². The molecule has 0 bridgehead atoms. The lowest BCUT2D eigenvalue weighted by atomic mass is 10.2. The van der Waals surface area contributed by atoms with Crippen molar-refractivity contribution in [2.24, 2.45) is 0 Å². The van der Waals surface area contributed by atoms with Crippen LogP contribution in [-0.4, -0.2) is 11.9 Å². The van der Waals surface area contributed by atoms with E-state index in [0.29, 0.717) is 12.2 Å². The van der Waals surface area contributed by atoms with Gasteiger partial charge in [0.25, 0.3) is 5.91 Å². The van der Waals surface area contributed by atoms with Crippen LogP contribution in [0, 0.1) is 0 Å². The molecule has 18 heavy (non-hydrogen) atoms. The average molecular weight is 247 g/mol. The van der Waals surface area contributed by atoms with E-state index in [1.54, 1.807) is 12.3 Å². The van der Waals surface area contributed by atoms with Crippen molar-refractivity contribution in [1.29, 1.82) is 0 Å². The Balaban J connectivity index is 1.90. The van der Waals surface area contributed by atoms with Gasteiger partial charge >= 0.3 is 0 Å². The first-order chi connectivity index (χ1) is 8.69. The Morgan fingerprint density at radius 1 is 1.33 bits per heavy atom. The summed E-state index contributed by atoms with van der Waals surface area (Å²) in [6, 6.07) is 7.26. The third-order valence-corrected chi connectivity index (χ3v) is 2.70. The summed E-state index contributed by atoms with van der Waals surface area (Å²) in [7, 11) is 0. The maximum absolute atomic E-state index is 11.9. The first-order valence-electron chi connectivity index (χ1n) is 6.11. The Bertz CT molecular complexity index is 499. The molecule has 0 aromatic carbocycles. The number of rotatable bonds is 5. The molecule has 0 aliphatic heterocycles. The number of hydrogen-bond donors (Lipinski definition) is 1. The summed E-state index contributed by atoms with van der Waals surface area (Å²) in [6.45, 7) is 3.92. The normalized spacial score (nSPS) is 12.3. The fourth-order valence-electron chi connectivity index (χ4n) is 1.77. The molecule has 0 saturated heterocycles. The zero-order valence-electron chi connectivity index (χ0n) is 10.6. The highest BCUT2D eigenvalue weighted by Gasteiger charge is 2.14. The van der Waals surface area contributed by atoms with Crippen LogP contribution in [0.15, 0.2) is 39.4 Å². The van der Waals surface area contributed by atoms with Crippen molar-refractivity contribution in [3.8, 4) is 0 Å². The van der Waals surface area contributed by atoms with E-state index in [2.05, 4.69) is 5.32 Å². The van der Waals surface area contributed by atoms with E-state index in [1.165, 1.54) is 0 Å². The summed E-state index contributed by atoms with van der Waals surface area (Å²) in [4.78, 5) is 11.9. The molecule has 0 aliphatic rings. The third kappa shape index (κ3) is 3.03. The molecule has 2 aromatic rings. The first-order valence-corrected chi connectivity index (χ1v) is 6.11. The number of amides is 1. The van der Waals surface area contributed by atoms with Crippen molar-refractivity contribution >= 4 is 5.91 Å². The van der Waals surface area contributed by atoms with Gasteiger partial charge in [0.2, 0.25) is 0 Å². The van der Waals surface area contributed by atoms with Crippen LogP contribution in [0.3, 0.4) is 0 Å². The first kappa shape index (κ1) is 12.5. The Kier molecular flexibility index (Phi) is 3.87. The predicted molar refractivity (Wildman–Crippen MR) is 67.4 cm³/mol. The lowest BCUT2D eigenvalue weighted by molar-refractivity contribution is 0.0909. The van der Waals surface area contributed by atoms with Gasteiger partial charge in [-0.05, 0) is 31.2 Å². The lowest BCUT2D eigenvalue weighted by Gasteiger charge is -2.11. The van der Waals surface area contributed by atoms with Crippen molar-refractivity contribution < 1.29 is 13.6 Å². The summed E-state index contributed by atoms with van der Waals surface area (Å²) >= 11 is 0. The molecule has 0 unspecified atom stereocenters. The molecule has 1 N–H and O–H groups in total. The van der Waals surface area contributed by atoms with E-state index < -0.39 is 0 Å². The van der Waals surface area contributed by atoms with Crippen molar-refractivity contribution in [1.82, 2.24) is 5.32 Å². The van der Waals surface area contributed by atoms with Gasteiger partial charge in [-0.3, -0.25) is 4.79 Å². The Morgan fingerprint density at radius 3 is 2.78 bits per heavy atom. The zero-order chi connectivity index (χ0) is 13.0. The number of nitrogens with one attached hydrogen (secondary N) is 1. The second-order valence-corrected chi connectivity index (χ2v) is 4.28. The van der Waals surface area contributed by atoms with E-state index >= 15 is 0 Å². The molecule has 4 heteroatoms. The number of carbonyl (C=O) groups is 1. The molecule has 0 radical (unpaired) electrons. The molecule has 0 saturated carbocycles. The fourth-order valence-corrected chi connectivity index (χ4v) is 1.77. The molecule has 0 spiro atoms. The van der Waals surface area contributed by atoms with Gasteiger partial charge in [-0.2, -0.15) is 0 Å². The van der Waals surface area contributed by atoms with Crippen LogP contribution in [0.4, 0.5) is 0 Å². The minimum atomic E-state index is -0.186. The maximum Gasteiger partial charge on any atom is 0.287 e. The van der Waals surface area contributed by atoms with Crippen molar-refractivity contribution in [2.75, 3.05) is 0 Å². The topological polar surface area (TPSA) is 55.4 Å². The van der Waals surface area contributed by atoms with Gasteiger partial charge in [0.1, 0.15) is 11.5 Å². The second kappa shape index (κ2) is 5.58. The Hall–Kier alpha value is -1.97. The summed E-state index contributed by atoms with van der Waals surface area (Å²) in [5.74, 6) is 1.85. The molecular weight excluding hydrogens is 230 g/mol. The van der Waals surface area contributed by atoms with E-state index in [4.69, 9.17) is 8.83 Å². The van der Waals surface area contributed by atoms with Gasteiger partial charge in [0.15, 0.2) is 5.76 Å². The van der Waals surface area contributed by atoms with Gasteiger partial charge < -0.3 is 14.2 Å². The van der Waals surface area contributed by atoms with E-state index in [1.807, 2.05) is 32.0 Å². The van der Waals surface area contributed by atoms with Crippen LogP contribution < -0.4 is 5.32 Å². The number of aryl methyl sites for hydroxylation is 1. The Morgan fingerprint density at radius 2 is 2.17 bits per heavy atom. The molecule has 1 atom stereocenters. The van der Waals surface area contributed by atoms with Crippen LogP contribution in [0.25, 0.3) is 0 Å². The molecule has 4 nitrogen and oxygen atoms in total. The maximum atomic E-state index is 11.9. The summed E-state index contributed by atoms with van der Waals surface area (Å²) in [5.41, 5.74) is 0. The van der Waals surface area contributed by atoms with E-state index in [0.717, 1.165) is 17.9 Å². The van der Waals surface area contributed by atoms with Gasteiger partial charge in [0.05, 0.1) is 6.26 Å². The molecule has 0 fully saturated rings. The van der Waals surface area contributed by atoms with Crippen LogP contribution in [0.1, 0.15) is 35.9 Å². The standard InChI is InChI=1S/C14H17NO3/c1-3-11-6-7-13(18-11)14(16)15-10(2)9-12-5-4-8-17-12/h4-8,10H,3,9H2,1-2H3,(H,15,16)/t10-/m0/s1. The zero-order valence-corrected chi connectivity index (χ0v) is 10.6. The molecule has 0 aliphatic carbocycles. The molecular formula is C14H17NO3. The van der Waals surface area contributed by atoms with Crippen molar-refractivity contribution in [2.45, 2.75) is 32.7 Å². The smallest absolute Gasteiger partial charge is 0.287 e. The largest absolute Gasteiger partial charge is 0.469 e. The molecule has 1 amide bonds. The molecule has 96 valence electrons. The minimum absolute atomic E-state index is 0.00109. The number of hydrogen-bond acceptors (Lipinski definition) is 3. The Labute approximate surface area is 106 Å². The summed E-state index contributed by atoms with van der Waals surface area (Å²) in [6.07, 6.45) is 3.08. The third-order valence-electron chi connectivity index (χ3n) is 2.70. The van der Waals surface area contributed by atoms with Gasteiger partial charge in [-0.1, -0.05) is 6.92 Å². The van der Waals surface area contributed by atoms with Gasteiger partial charge in [-0.15, -0.1) is 0 Å². The van der Waals surface area contributed by atoms with Crippen LogP contribution in [0.5, 0.6) is 0 Å². The quantitative estimate of drug-likeness (QED) is 0.883. The van der Waals surface area contributed by atoms with Crippen molar-refractivity contribution in [3.05, 3.63) is 47.8 Å². The predicted octanol–water partition coefficient (Wildman–Crippen LogP) is 2.80. The fraction of sp³-hybridized carbons (Fsp3) is 0.357.